The van der Waals surface area contributed by atoms with Gasteiger partial charge in [-0.05, 0) is 36.5 Å². The zero-order chi connectivity index (χ0) is 15.0. The summed E-state index contributed by atoms with van der Waals surface area (Å²) >= 11 is 10.9. The van der Waals surface area contributed by atoms with Crippen molar-refractivity contribution in [2.24, 2.45) is 0 Å². The molecule has 0 unspecified atom stereocenters. The molecule has 2 radical (unpaired) electrons. The quantitative estimate of drug-likeness (QED) is 0.297. The molecule has 6 nitrogen and oxygen atoms in total. The van der Waals surface area contributed by atoms with Crippen molar-refractivity contribution in [2.75, 3.05) is 17.3 Å². The van der Waals surface area contributed by atoms with E-state index in [4.69, 9.17) is 0 Å². The average molecular weight is 437 g/mol. The molecular weight excluding hydrogens is 422 g/mol. The summed E-state index contributed by atoms with van der Waals surface area (Å²) in [4.78, 5) is 28.3. The summed E-state index contributed by atoms with van der Waals surface area (Å²) < 4.78 is 0. The molecule has 0 bridgehead atoms. The maximum Gasteiger partial charge on any atom is 3.00 e. The van der Waals surface area contributed by atoms with Gasteiger partial charge in [-0.3, -0.25) is 0 Å². The van der Waals surface area contributed by atoms with E-state index in [9.17, 15) is 29.7 Å². The number of carboxylic acids is 3. The number of thiol groups is 3. The second kappa shape index (κ2) is 23.4. The fourth-order valence-corrected chi connectivity index (χ4v) is 0.822. The predicted molar refractivity (Wildman–Crippen MR) is 76.2 cm³/mol. The Labute approximate surface area is 146 Å². The first kappa shape index (κ1) is 27.6. The number of hydrogen-bond acceptors (Lipinski definition) is 9. The largest absolute Gasteiger partial charge is 3.00 e. The van der Waals surface area contributed by atoms with Gasteiger partial charge in [-0.1, -0.05) is 0 Å². The van der Waals surface area contributed by atoms with Crippen molar-refractivity contribution in [1.82, 2.24) is 0 Å². The van der Waals surface area contributed by atoms with Crippen molar-refractivity contribution in [3.8, 4) is 0 Å². The van der Waals surface area contributed by atoms with Gasteiger partial charge in [0.1, 0.15) is 0 Å². The zero-order valence-corrected chi connectivity index (χ0v) is 15.2. The van der Waals surface area contributed by atoms with Crippen LogP contribution >= 0.6 is 37.9 Å². The number of rotatable bonds is 6. The van der Waals surface area contributed by atoms with Gasteiger partial charge in [-0.25, -0.2) is 0 Å². The molecular formula is C9H15O6S3Sb. The molecule has 0 rings (SSSR count). The Hall–Kier alpha value is 0.278. The van der Waals surface area contributed by atoms with Crippen LogP contribution in [0.3, 0.4) is 0 Å². The minimum Gasteiger partial charge on any atom is -0.550 e. The smallest absolute Gasteiger partial charge is 0.550 e. The Morgan fingerprint density at radius 3 is 0.789 bits per heavy atom. The molecule has 0 aliphatic carbocycles. The van der Waals surface area contributed by atoms with E-state index in [0.717, 1.165) is 0 Å². The van der Waals surface area contributed by atoms with Crippen molar-refractivity contribution in [2.45, 2.75) is 19.3 Å². The van der Waals surface area contributed by atoms with E-state index < -0.39 is 17.9 Å². The van der Waals surface area contributed by atoms with Crippen molar-refractivity contribution in [1.29, 1.82) is 0 Å². The van der Waals surface area contributed by atoms with E-state index in [-0.39, 0.29) is 43.7 Å². The third-order valence-corrected chi connectivity index (χ3v) is 1.62. The fourth-order valence-electron chi connectivity index (χ4n) is 0.274. The molecule has 0 heterocycles. The third-order valence-electron chi connectivity index (χ3n) is 0.948. The summed E-state index contributed by atoms with van der Waals surface area (Å²) in [6.45, 7) is 0. The number of carboxylic acid groups (broad SMARTS) is 3. The van der Waals surface area contributed by atoms with Gasteiger partial charge in [0, 0.05) is 17.9 Å². The summed E-state index contributed by atoms with van der Waals surface area (Å²) in [5.41, 5.74) is 0. The monoisotopic (exact) mass is 436 g/mol. The molecule has 0 atom stereocenters. The number of hydrogen-bond donors (Lipinski definition) is 3. The van der Waals surface area contributed by atoms with Crippen LogP contribution in [0.15, 0.2) is 0 Å². The van der Waals surface area contributed by atoms with Crippen LogP contribution < -0.4 is 15.3 Å². The Balaban J connectivity index is -0.0000000865. The molecule has 0 aliphatic rings. The van der Waals surface area contributed by atoms with Gasteiger partial charge < -0.3 is 29.7 Å². The molecule has 0 aromatic heterocycles. The number of carbonyl (C=O) groups is 3. The molecule has 110 valence electrons. The number of aliphatic carboxylic acids is 3. The maximum absolute atomic E-state index is 9.44. The topological polar surface area (TPSA) is 120 Å². The van der Waals surface area contributed by atoms with Crippen LogP contribution in [0, 0.1) is 0 Å². The molecule has 0 N–H and O–H groups in total. The van der Waals surface area contributed by atoms with E-state index in [1.165, 1.54) is 0 Å². The molecule has 19 heavy (non-hydrogen) atoms. The van der Waals surface area contributed by atoms with Crippen LogP contribution in [0.1, 0.15) is 19.3 Å². The van der Waals surface area contributed by atoms with Crippen LogP contribution in [0.25, 0.3) is 0 Å². The molecule has 0 amide bonds. The number of carbonyl (C=O) groups excluding carboxylic acids is 3. The van der Waals surface area contributed by atoms with Gasteiger partial charge in [0.25, 0.3) is 0 Å². The predicted octanol–water partition coefficient (Wildman–Crippen LogP) is -3.21. The van der Waals surface area contributed by atoms with Gasteiger partial charge in [0.15, 0.2) is 0 Å². The van der Waals surface area contributed by atoms with Crippen molar-refractivity contribution >= 4 is 80.2 Å². The van der Waals surface area contributed by atoms with E-state index >= 15 is 0 Å². The Morgan fingerprint density at radius 1 is 0.632 bits per heavy atom. The third kappa shape index (κ3) is 56.3. The van der Waals surface area contributed by atoms with Crippen molar-refractivity contribution in [3.05, 3.63) is 0 Å². The molecule has 0 aromatic carbocycles. The average Bonchev–Trinajstić information content (AvgIpc) is 2.18. The van der Waals surface area contributed by atoms with Gasteiger partial charge in [0.2, 0.25) is 0 Å². The summed E-state index contributed by atoms with van der Waals surface area (Å²) in [6.07, 6.45) is 0.134. The first-order valence-corrected chi connectivity index (χ1v) is 6.63. The summed E-state index contributed by atoms with van der Waals surface area (Å²) in [5, 5.41) is 28.3. The summed E-state index contributed by atoms with van der Waals surface area (Å²) in [5.74, 6) is -2.02. The fraction of sp³-hybridized carbons (Fsp3) is 0.667. The van der Waals surface area contributed by atoms with E-state index in [1.54, 1.807) is 0 Å². The zero-order valence-electron chi connectivity index (χ0n) is 9.98. The normalized spacial score (nSPS) is 7.74. The second-order valence-electron chi connectivity index (χ2n) is 2.54. The van der Waals surface area contributed by atoms with E-state index in [0.29, 0.717) is 17.3 Å². The van der Waals surface area contributed by atoms with Gasteiger partial charge >= 0.3 is 24.4 Å². The minimum atomic E-state index is -1.04. The Kier molecular flexibility index (Phi) is 33.9. The standard InChI is InChI=1S/3C3H6O2S.Sb/c3*4-3(5)1-2-6;/h3*6H,1-2H2,(H,4,5);/q;;;+3/p-3. The Bertz CT molecular complexity index is 202. The van der Waals surface area contributed by atoms with Crippen molar-refractivity contribution in [3.63, 3.8) is 0 Å². The molecule has 0 aromatic rings. The molecule has 0 saturated carbocycles. The van der Waals surface area contributed by atoms with Gasteiger partial charge in [0.05, 0.1) is 0 Å². The van der Waals surface area contributed by atoms with E-state index in [1.807, 2.05) is 0 Å². The van der Waals surface area contributed by atoms with Crippen LogP contribution in [0.5, 0.6) is 0 Å². The minimum absolute atomic E-state index is 0. The SMILES string of the molecule is O=C([O-])CCS.O=C([O-])CCS.O=C([O-])CCS.[Sb+3]. The van der Waals surface area contributed by atoms with Crippen LogP contribution in [0.2, 0.25) is 0 Å². The molecule has 0 fully saturated rings. The first-order valence-electron chi connectivity index (χ1n) is 4.73. The maximum atomic E-state index is 9.44. The van der Waals surface area contributed by atoms with Crippen LogP contribution in [-0.2, 0) is 14.4 Å². The second-order valence-corrected chi connectivity index (χ2v) is 3.88. The van der Waals surface area contributed by atoms with Crippen molar-refractivity contribution < 1.29 is 29.7 Å². The molecule has 0 saturated heterocycles. The Morgan fingerprint density at radius 2 is 0.789 bits per heavy atom. The van der Waals surface area contributed by atoms with Gasteiger partial charge in [-0.15, -0.1) is 0 Å². The molecule has 0 aliphatic heterocycles. The molecule has 0 spiro atoms. The van der Waals surface area contributed by atoms with Crippen LogP contribution in [0.4, 0.5) is 0 Å². The van der Waals surface area contributed by atoms with Gasteiger partial charge in [-0.2, -0.15) is 37.9 Å². The summed E-state index contributed by atoms with van der Waals surface area (Å²) in [6, 6.07) is 0. The molecule has 10 heteroatoms. The summed E-state index contributed by atoms with van der Waals surface area (Å²) in [7, 11) is 0. The van der Waals surface area contributed by atoms with Crippen LogP contribution in [-0.4, -0.2) is 59.6 Å². The van der Waals surface area contributed by atoms with E-state index in [2.05, 4.69) is 37.9 Å². The first-order chi connectivity index (χ1) is 8.31.